The summed E-state index contributed by atoms with van der Waals surface area (Å²) >= 11 is 3.30. The zero-order chi connectivity index (χ0) is 13.1. The first kappa shape index (κ1) is 13.3. The number of amides is 2. The number of carbonyl (C=O) groups excluding carboxylic acids is 2. The molecular formula is C11H10IN3O2S. The van der Waals surface area contributed by atoms with Crippen LogP contribution in [0.1, 0.15) is 6.42 Å². The summed E-state index contributed by atoms with van der Waals surface area (Å²) in [5, 5.41) is 2.40. The molecule has 1 heterocycles. The molecule has 0 fully saturated rings. The molecule has 5 nitrogen and oxygen atoms in total. The number of carbonyl (C=O) groups is 2. The molecule has 3 N–H and O–H groups in total. The molecule has 0 saturated heterocycles. The number of hydrogen-bond donors (Lipinski definition) is 2. The summed E-state index contributed by atoms with van der Waals surface area (Å²) in [5.41, 5.74) is 6.18. The van der Waals surface area contributed by atoms with Crippen molar-refractivity contribution < 1.29 is 9.59 Å². The fourth-order valence-electron chi connectivity index (χ4n) is 1.44. The fraction of sp³-hybridized carbons (Fsp3) is 0.182. The number of hydrogen-bond acceptors (Lipinski definition) is 4. The van der Waals surface area contributed by atoms with Crippen molar-refractivity contribution in [1.29, 1.82) is 0 Å². The highest BCUT2D eigenvalue weighted by Gasteiger charge is 2.27. The summed E-state index contributed by atoms with van der Waals surface area (Å²) in [5.74, 6) is -0.582. The van der Waals surface area contributed by atoms with Crippen molar-refractivity contribution in [2.24, 2.45) is 10.7 Å². The lowest BCUT2D eigenvalue weighted by molar-refractivity contribution is -0.121. The van der Waals surface area contributed by atoms with Crippen molar-refractivity contribution in [3.05, 3.63) is 27.8 Å². The van der Waals surface area contributed by atoms with Crippen molar-refractivity contribution in [1.82, 2.24) is 0 Å². The van der Waals surface area contributed by atoms with E-state index < -0.39 is 5.25 Å². The zero-order valence-corrected chi connectivity index (χ0v) is 12.2. The lowest BCUT2D eigenvalue weighted by atomic mass is 10.2. The van der Waals surface area contributed by atoms with Crippen molar-refractivity contribution in [2.45, 2.75) is 11.7 Å². The lowest BCUT2D eigenvalue weighted by Crippen LogP contribution is -2.33. The van der Waals surface area contributed by atoms with E-state index in [0.29, 0.717) is 5.69 Å². The number of nitrogens with two attached hydrogens (primary N) is 1. The molecule has 18 heavy (non-hydrogen) atoms. The first-order chi connectivity index (χ1) is 8.54. The zero-order valence-electron chi connectivity index (χ0n) is 9.22. The summed E-state index contributed by atoms with van der Waals surface area (Å²) in [7, 11) is 0. The number of amidine groups is 1. The lowest BCUT2D eigenvalue weighted by Gasteiger charge is -2.17. The van der Waals surface area contributed by atoms with Gasteiger partial charge in [0.1, 0.15) is 5.25 Å². The quantitative estimate of drug-likeness (QED) is 0.769. The van der Waals surface area contributed by atoms with Gasteiger partial charge in [-0.05, 0) is 46.9 Å². The second kappa shape index (κ2) is 5.70. The van der Waals surface area contributed by atoms with Gasteiger partial charge in [0.25, 0.3) is 0 Å². The van der Waals surface area contributed by atoms with Crippen LogP contribution in [0, 0.1) is 3.57 Å². The number of rotatable bonds is 2. The van der Waals surface area contributed by atoms with Crippen LogP contribution in [0.25, 0.3) is 0 Å². The summed E-state index contributed by atoms with van der Waals surface area (Å²) in [6.07, 6.45) is 0.0849. The van der Waals surface area contributed by atoms with Gasteiger partial charge in [-0.3, -0.25) is 9.59 Å². The van der Waals surface area contributed by atoms with Gasteiger partial charge in [0, 0.05) is 9.26 Å². The summed E-state index contributed by atoms with van der Waals surface area (Å²) in [4.78, 5) is 26.7. The first-order valence-electron chi connectivity index (χ1n) is 5.14. The van der Waals surface area contributed by atoms with Crippen LogP contribution in [0.2, 0.25) is 0 Å². The smallest absolute Gasteiger partial charge is 0.249 e. The van der Waals surface area contributed by atoms with E-state index in [0.717, 1.165) is 15.3 Å². The maximum atomic E-state index is 11.9. The topological polar surface area (TPSA) is 84.5 Å². The molecule has 0 radical (unpaired) electrons. The molecule has 2 amide bonds. The minimum Gasteiger partial charge on any atom is -0.378 e. The molecule has 94 valence electrons. The molecule has 0 bridgehead atoms. The molecular weight excluding hydrogens is 365 g/mol. The predicted molar refractivity (Wildman–Crippen MR) is 80.4 cm³/mol. The Labute approximate surface area is 122 Å². The van der Waals surface area contributed by atoms with Crippen LogP contribution < -0.4 is 11.1 Å². The van der Waals surface area contributed by atoms with Crippen LogP contribution in [0.4, 0.5) is 5.69 Å². The molecule has 2 rings (SSSR count). The number of nitrogens with zero attached hydrogens (tertiary/aromatic N) is 1. The van der Waals surface area contributed by atoms with E-state index in [2.05, 4.69) is 32.9 Å². The van der Waals surface area contributed by atoms with Crippen LogP contribution in [0.5, 0.6) is 0 Å². The minimum absolute atomic E-state index is 0.0849. The van der Waals surface area contributed by atoms with Gasteiger partial charge in [-0.25, -0.2) is 0 Å². The molecule has 0 spiro atoms. The van der Waals surface area contributed by atoms with Gasteiger partial charge in [0.15, 0.2) is 5.17 Å². The maximum Gasteiger partial charge on any atom is 0.249 e. The van der Waals surface area contributed by atoms with Crippen molar-refractivity contribution in [3.63, 3.8) is 0 Å². The number of halogens is 1. The van der Waals surface area contributed by atoms with Gasteiger partial charge in [0.05, 0.1) is 6.42 Å². The molecule has 1 atom stereocenters. The largest absolute Gasteiger partial charge is 0.378 e. The Balaban J connectivity index is 2.02. The van der Waals surface area contributed by atoms with Crippen LogP contribution in [-0.4, -0.2) is 22.2 Å². The van der Waals surface area contributed by atoms with Gasteiger partial charge >= 0.3 is 0 Å². The van der Waals surface area contributed by atoms with Crippen molar-refractivity contribution >= 4 is 57.0 Å². The van der Waals surface area contributed by atoms with Crippen LogP contribution >= 0.6 is 34.4 Å². The second-order valence-corrected chi connectivity index (χ2v) is 6.12. The average Bonchev–Trinajstić information content (AvgIpc) is 2.31. The Morgan fingerprint density at radius 3 is 2.72 bits per heavy atom. The number of benzene rings is 1. The van der Waals surface area contributed by atoms with E-state index >= 15 is 0 Å². The minimum atomic E-state index is -0.505. The highest BCUT2D eigenvalue weighted by Crippen LogP contribution is 2.22. The van der Waals surface area contributed by atoms with E-state index in [-0.39, 0.29) is 23.4 Å². The number of thioether (sulfide) groups is 1. The maximum absolute atomic E-state index is 11.9. The molecule has 1 aliphatic heterocycles. The summed E-state index contributed by atoms with van der Waals surface area (Å²) in [6, 6.07) is 7.41. The van der Waals surface area contributed by atoms with E-state index in [4.69, 9.17) is 5.73 Å². The predicted octanol–water partition coefficient (Wildman–Crippen LogP) is 1.58. The molecule has 7 heteroatoms. The molecule has 0 aliphatic carbocycles. The molecule has 1 aromatic rings. The van der Waals surface area contributed by atoms with Gasteiger partial charge in [-0.2, -0.15) is 4.99 Å². The molecule has 0 unspecified atom stereocenters. The van der Waals surface area contributed by atoms with Crippen LogP contribution in [-0.2, 0) is 9.59 Å². The Morgan fingerprint density at radius 2 is 2.11 bits per heavy atom. The van der Waals surface area contributed by atoms with E-state index in [9.17, 15) is 9.59 Å². The average molecular weight is 375 g/mol. The molecule has 0 saturated carbocycles. The van der Waals surface area contributed by atoms with E-state index in [1.54, 1.807) is 0 Å². The Morgan fingerprint density at radius 1 is 1.44 bits per heavy atom. The van der Waals surface area contributed by atoms with Crippen LogP contribution in [0.3, 0.4) is 0 Å². The normalized spacial score (nSPS) is 19.3. The highest BCUT2D eigenvalue weighted by atomic mass is 127. The molecule has 1 aliphatic rings. The third kappa shape index (κ3) is 3.45. The SMILES string of the molecule is NC1=NC(=O)C[C@@H](C(=O)Nc2ccc(I)cc2)S1. The molecule has 1 aromatic carbocycles. The van der Waals surface area contributed by atoms with Gasteiger partial charge in [-0.15, -0.1) is 0 Å². The van der Waals surface area contributed by atoms with E-state index in [1.807, 2.05) is 24.3 Å². The summed E-state index contributed by atoms with van der Waals surface area (Å²) in [6.45, 7) is 0. The monoisotopic (exact) mass is 375 g/mol. The van der Waals surface area contributed by atoms with Gasteiger partial charge < -0.3 is 11.1 Å². The standard InChI is InChI=1S/C11H10IN3O2S/c12-6-1-3-7(4-2-6)14-10(17)8-5-9(16)15-11(13)18-8/h1-4,8H,5H2,(H,14,17)(H2,13,15,16)/t8-/m0/s1. The third-order valence-corrected chi connectivity index (χ3v) is 3.98. The highest BCUT2D eigenvalue weighted by molar-refractivity contribution is 14.1. The van der Waals surface area contributed by atoms with Gasteiger partial charge in [-0.1, -0.05) is 11.8 Å². The first-order valence-corrected chi connectivity index (χ1v) is 7.10. The fourth-order valence-corrected chi connectivity index (χ4v) is 2.64. The van der Waals surface area contributed by atoms with E-state index in [1.165, 1.54) is 0 Å². The molecule has 0 aromatic heterocycles. The Hall–Kier alpha value is -1.09. The van der Waals surface area contributed by atoms with Gasteiger partial charge in [0.2, 0.25) is 11.8 Å². The van der Waals surface area contributed by atoms with Crippen molar-refractivity contribution in [2.75, 3.05) is 5.32 Å². The van der Waals surface area contributed by atoms with Crippen LogP contribution in [0.15, 0.2) is 29.3 Å². The van der Waals surface area contributed by atoms with Crippen molar-refractivity contribution in [3.8, 4) is 0 Å². The number of nitrogens with one attached hydrogen (secondary N) is 1. The second-order valence-electron chi connectivity index (χ2n) is 3.65. The third-order valence-electron chi connectivity index (χ3n) is 2.26. The summed E-state index contributed by atoms with van der Waals surface area (Å²) < 4.78 is 1.09. The number of anilines is 1. The Kier molecular flexibility index (Phi) is 4.23. The Bertz CT molecular complexity index is 516. The number of aliphatic imine (C=N–C) groups is 1.